The van der Waals surface area contributed by atoms with Crippen LogP contribution in [0.25, 0.3) is 0 Å². The molecule has 1 aromatic heterocycles. The number of rotatable bonds is 7. The van der Waals surface area contributed by atoms with E-state index in [-0.39, 0.29) is 30.1 Å². The molecule has 0 radical (unpaired) electrons. The predicted octanol–water partition coefficient (Wildman–Crippen LogP) is 3.94. The molecule has 7 nitrogen and oxygen atoms in total. The fourth-order valence-corrected chi connectivity index (χ4v) is 4.05. The molecular formula is C26H27FN4O3. The van der Waals surface area contributed by atoms with Gasteiger partial charge >= 0.3 is 0 Å². The van der Waals surface area contributed by atoms with Crippen LogP contribution < -0.4 is 15.4 Å². The molecule has 2 N–H and O–H groups in total. The Morgan fingerprint density at radius 2 is 1.88 bits per heavy atom. The van der Waals surface area contributed by atoms with Gasteiger partial charge in [-0.25, -0.2) is 9.37 Å². The van der Waals surface area contributed by atoms with E-state index >= 15 is 0 Å². The van der Waals surface area contributed by atoms with Crippen molar-refractivity contribution < 1.29 is 18.7 Å². The number of carbonyl (C=O) groups is 2. The Hall–Kier alpha value is -3.94. The number of piperidine rings is 1. The summed E-state index contributed by atoms with van der Waals surface area (Å²) in [6.07, 6.45) is 3.18. The van der Waals surface area contributed by atoms with Crippen LogP contribution in [0.2, 0.25) is 0 Å². The van der Waals surface area contributed by atoms with Gasteiger partial charge in [0.05, 0.1) is 19.1 Å². The summed E-state index contributed by atoms with van der Waals surface area (Å²) in [6.45, 7) is 1.14. The summed E-state index contributed by atoms with van der Waals surface area (Å²) < 4.78 is 18.9. The topological polar surface area (TPSA) is 83.6 Å². The number of likely N-dealkylation sites (tertiary alicyclic amines) is 1. The number of nitrogens with one attached hydrogen (secondary N) is 2. The van der Waals surface area contributed by atoms with Gasteiger partial charge in [-0.3, -0.25) is 9.59 Å². The van der Waals surface area contributed by atoms with Crippen molar-refractivity contribution in [3.8, 4) is 5.75 Å². The highest BCUT2D eigenvalue weighted by Crippen LogP contribution is 2.22. The van der Waals surface area contributed by atoms with E-state index in [1.165, 1.54) is 12.1 Å². The molecule has 0 aliphatic carbocycles. The maximum absolute atomic E-state index is 13.5. The normalized spacial score (nSPS) is 13.9. The van der Waals surface area contributed by atoms with Crippen molar-refractivity contribution in [3.63, 3.8) is 0 Å². The van der Waals surface area contributed by atoms with Crippen LogP contribution in [-0.4, -0.2) is 47.9 Å². The maximum atomic E-state index is 13.5. The second-order valence-corrected chi connectivity index (χ2v) is 8.15. The van der Waals surface area contributed by atoms with Gasteiger partial charge in [0.25, 0.3) is 5.91 Å². The van der Waals surface area contributed by atoms with Crippen LogP contribution in [0.15, 0.2) is 66.9 Å². The minimum atomic E-state index is -0.376. The SMILES string of the molecule is COc1ccccc1CC(=O)N1CCC(NC(=O)c2cccnc2Nc2cccc(F)c2)CC1. The van der Waals surface area contributed by atoms with Crippen LogP contribution in [0.3, 0.4) is 0 Å². The Morgan fingerprint density at radius 1 is 1.09 bits per heavy atom. The molecule has 34 heavy (non-hydrogen) atoms. The summed E-state index contributed by atoms with van der Waals surface area (Å²) in [5.74, 6) is 0.472. The highest BCUT2D eigenvalue weighted by atomic mass is 19.1. The number of benzene rings is 2. The molecule has 2 aromatic carbocycles. The van der Waals surface area contributed by atoms with Crippen molar-refractivity contribution in [1.29, 1.82) is 0 Å². The molecule has 1 aliphatic rings. The van der Waals surface area contributed by atoms with E-state index in [0.717, 1.165) is 5.56 Å². The predicted molar refractivity (Wildman–Crippen MR) is 128 cm³/mol. The lowest BCUT2D eigenvalue weighted by Gasteiger charge is -2.32. The first kappa shape index (κ1) is 23.2. The number of para-hydroxylation sites is 1. The number of hydrogen-bond acceptors (Lipinski definition) is 5. The summed E-state index contributed by atoms with van der Waals surface area (Å²) in [4.78, 5) is 31.8. The maximum Gasteiger partial charge on any atom is 0.255 e. The average molecular weight is 463 g/mol. The molecule has 176 valence electrons. The van der Waals surface area contributed by atoms with E-state index in [1.807, 2.05) is 29.2 Å². The van der Waals surface area contributed by atoms with Gasteiger partial charge in [0.2, 0.25) is 5.91 Å². The molecule has 1 saturated heterocycles. The van der Waals surface area contributed by atoms with E-state index in [1.54, 1.807) is 37.6 Å². The van der Waals surface area contributed by atoms with Gasteiger partial charge in [-0.2, -0.15) is 0 Å². The quantitative estimate of drug-likeness (QED) is 0.556. The van der Waals surface area contributed by atoms with Crippen LogP contribution in [0.4, 0.5) is 15.9 Å². The summed E-state index contributed by atoms with van der Waals surface area (Å²) in [7, 11) is 1.60. The van der Waals surface area contributed by atoms with Crippen LogP contribution in [0, 0.1) is 5.82 Å². The van der Waals surface area contributed by atoms with Crippen molar-refractivity contribution in [2.75, 3.05) is 25.5 Å². The van der Waals surface area contributed by atoms with E-state index < -0.39 is 0 Å². The van der Waals surface area contributed by atoms with Crippen LogP contribution >= 0.6 is 0 Å². The molecule has 3 aromatic rings. The molecule has 0 saturated carbocycles. The Bertz CT molecular complexity index is 1160. The summed E-state index contributed by atoms with van der Waals surface area (Å²) in [5, 5.41) is 6.06. The standard InChI is InChI=1S/C26H27FN4O3/c1-34-23-10-3-2-6-18(23)16-24(32)31-14-11-20(12-15-31)30-26(33)22-9-5-13-28-25(22)29-21-8-4-7-19(27)17-21/h2-10,13,17,20H,11-12,14-16H2,1H3,(H,28,29)(H,30,33). The first-order chi connectivity index (χ1) is 16.5. The Balaban J connectivity index is 1.33. The number of anilines is 2. The molecule has 0 atom stereocenters. The minimum Gasteiger partial charge on any atom is -0.496 e. The van der Waals surface area contributed by atoms with Crippen molar-refractivity contribution in [2.45, 2.75) is 25.3 Å². The number of halogens is 1. The molecule has 8 heteroatoms. The van der Waals surface area contributed by atoms with Crippen molar-refractivity contribution in [2.24, 2.45) is 0 Å². The summed E-state index contributed by atoms with van der Waals surface area (Å²) in [6, 6.07) is 16.8. The number of hydrogen-bond donors (Lipinski definition) is 2. The lowest BCUT2D eigenvalue weighted by Crippen LogP contribution is -2.47. The van der Waals surface area contributed by atoms with Crippen molar-refractivity contribution in [1.82, 2.24) is 15.2 Å². The fourth-order valence-electron chi connectivity index (χ4n) is 4.05. The largest absolute Gasteiger partial charge is 0.496 e. The molecule has 0 bridgehead atoms. The highest BCUT2D eigenvalue weighted by Gasteiger charge is 2.25. The smallest absolute Gasteiger partial charge is 0.255 e. The number of nitrogens with zero attached hydrogens (tertiary/aromatic N) is 2. The number of pyridine rings is 1. The second kappa shape index (κ2) is 10.8. The first-order valence-corrected chi connectivity index (χ1v) is 11.2. The lowest BCUT2D eigenvalue weighted by molar-refractivity contribution is -0.131. The van der Waals surface area contributed by atoms with Crippen molar-refractivity contribution >= 4 is 23.3 Å². The van der Waals surface area contributed by atoms with Gasteiger partial charge in [0.1, 0.15) is 17.4 Å². The Kier molecular flexibility index (Phi) is 7.37. The molecule has 1 fully saturated rings. The average Bonchev–Trinajstić information content (AvgIpc) is 2.85. The van der Waals surface area contributed by atoms with Crippen LogP contribution in [0.5, 0.6) is 5.75 Å². The molecule has 2 heterocycles. The molecule has 2 amide bonds. The van der Waals surface area contributed by atoms with Crippen LogP contribution in [0.1, 0.15) is 28.8 Å². The third-order valence-electron chi connectivity index (χ3n) is 5.86. The number of ether oxygens (including phenoxy) is 1. The molecular weight excluding hydrogens is 435 g/mol. The Morgan fingerprint density at radius 3 is 2.65 bits per heavy atom. The monoisotopic (exact) mass is 462 g/mol. The molecule has 0 spiro atoms. The molecule has 1 aliphatic heterocycles. The zero-order valence-electron chi connectivity index (χ0n) is 19.0. The van der Waals surface area contributed by atoms with Crippen LogP contribution in [-0.2, 0) is 11.2 Å². The third-order valence-corrected chi connectivity index (χ3v) is 5.86. The first-order valence-electron chi connectivity index (χ1n) is 11.2. The van der Waals surface area contributed by atoms with Gasteiger partial charge in [-0.1, -0.05) is 24.3 Å². The lowest BCUT2D eigenvalue weighted by atomic mass is 10.0. The second-order valence-electron chi connectivity index (χ2n) is 8.15. The van der Waals surface area contributed by atoms with Gasteiger partial charge in [-0.15, -0.1) is 0 Å². The van der Waals surface area contributed by atoms with Gasteiger partial charge < -0.3 is 20.3 Å². The Labute approximate surface area is 198 Å². The van der Waals surface area contributed by atoms with Gasteiger partial charge in [0.15, 0.2) is 0 Å². The number of carbonyl (C=O) groups excluding carboxylic acids is 2. The summed E-state index contributed by atoms with van der Waals surface area (Å²) in [5.41, 5.74) is 1.75. The highest BCUT2D eigenvalue weighted by molar-refractivity contribution is 5.99. The van der Waals surface area contributed by atoms with Crippen molar-refractivity contribution in [3.05, 3.63) is 83.8 Å². The molecule has 0 unspecified atom stereocenters. The fraction of sp³-hybridized carbons (Fsp3) is 0.269. The molecule has 4 rings (SSSR count). The third kappa shape index (κ3) is 5.70. The van der Waals surface area contributed by atoms with E-state index in [2.05, 4.69) is 15.6 Å². The van der Waals surface area contributed by atoms with E-state index in [9.17, 15) is 14.0 Å². The minimum absolute atomic E-state index is 0.0446. The number of aromatic nitrogens is 1. The zero-order valence-corrected chi connectivity index (χ0v) is 19.0. The van der Waals surface area contributed by atoms with E-state index in [0.29, 0.717) is 48.7 Å². The summed E-state index contributed by atoms with van der Waals surface area (Å²) >= 11 is 0. The zero-order chi connectivity index (χ0) is 23.9. The van der Waals surface area contributed by atoms with Gasteiger partial charge in [0, 0.05) is 36.6 Å². The van der Waals surface area contributed by atoms with E-state index in [4.69, 9.17) is 4.74 Å². The number of methoxy groups -OCH3 is 1. The number of amides is 2. The van der Waals surface area contributed by atoms with Gasteiger partial charge in [-0.05, 0) is 49.2 Å².